The van der Waals surface area contributed by atoms with E-state index < -0.39 is 0 Å². The summed E-state index contributed by atoms with van der Waals surface area (Å²) >= 11 is 5.91. The third-order valence-electron chi connectivity index (χ3n) is 3.75. The van der Waals surface area contributed by atoms with Gasteiger partial charge in [0.25, 0.3) is 0 Å². The predicted molar refractivity (Wildman–Crippen MR) is 75.0 cm³/mol. The zero-order valence-corrected chi connectivity index (χ0v) is 11.5. The quantitative estimate of drug-likeness (QED) is 0.892. The van der Waals surface area contributed by atoms with Gasteiger partial charge in [-0.25, -0.2) is 0 Å². The first kappa shape index (κ1) is 13.9. The number of carbonyl (C=O) groups is 1. The van der Waals surface area contributed by atoms with Crippen LogP contribution < -0.4 is 10.6 Å². The monoisotopic (exact) mass is 277 g/mol. The maximum absolute atomic E-state index is 12.4. The zero-order valence-electron chi connectivity index (χ0n) is 10.8. The molecule has 0 spiro atoms. The lowest BCUT2D eigenvalue weighted by atomic mass is 9.83. The van der Waals surface area contributed by atoms with E-state index >= 15 is 0 Å². The lowest BCUT2D eigenvalue weighted by Gasteiger charge is -2.25. The van der Waals surface area contributed by atoms with Gasteiger partial charge in [-0.2, -0.15) is 5.26 Å². The standard InChI is InChI=1S/C14H16ClN3O/c1-2-14(5-6-17-9-14)13(19)18-12-7-11(15)4-3-10(12)8-16/h3-4,7,17H,2,5-6,9H2,1H3,(H,18,19). The molecule has 1 heterocycles. The van der Waals surface area contributed by atoms with Crippen molar-refractivity contribution in [1.29, 1.82) is 5.26 Å². The van der Waals surface area contributed by atoms with Crippen LogP contribution in [0.5, 0.6) is 0 Å². The number of halogens is 1. The Hall–Kier alpha value is -1.57. The van der Waals surface area contributed by atoms with Crippen LogP contribution >= 0.6 is 11.6 Å². The van der Waals surface area contributed by atoms with E-state index in [-0.39, 0.29) is 11.3 Å². The maximum atomic E-state index is 12.4. The zero-order chi connectivity index (χ0) is 13.9. The molecule has 1 saturated heterocycles. The number of benzene rings is 1. The van der Waals surface area contributed by atoms with Crippen molar-refractivity contribution in [2.45, 2.75) is 19.8 Å². The molecule has 0 radical (unpaired) electrons. The summed E-state index contributed by atoms with van der Waals surface area (Å²) in [5.41, 5.74) is 0.532. The van der Waals surface area contributed by atoms with Gasteiger partial charge in [-0.1, -0.05) is 18.5 Å². The fourth-order valence-corrected chi connectivity index (χ4v) is 2.54. The van der Waals surface area contributed by atoms with Crippen LogP contribution in [0.15, 0.2) is 18.2 Å². The van der Waals surface area contributed by atoms with Crippen LogP contribution in [0.25, 0.3) is 0 Å². The lowest BCUT2D eigenvalue weighted by Crippen LogP contribution is -2.37. The summed E-state index contributed by atoms with van der Waals surface area (Å²) in [5, 5.41) is 15.6. The number of hydrogen-bond donors (Lipinski definition) is 2. The van der Waals surface area contributed by atoms with E-state index in [1.165, 1.54) is 0 Å². The first-order valence-corrected chi connectivity index (χ1v) is 6.71. The number of hydrogen-bond acceptors (Lipinski definition) is 3. The van der Waals surface area contributed by atoms with Crippen molar-refractivity contribution >= 4 is 23.2 Å². The second kappa shape index (κ2) is 5.60. The van der Waals surface area contributed by atoms with E-state index in [1.54, 1.807) is 18.2 Å². The number of amides is 1. The SMILES string of the molecule is CCC1(C(=O)Nc2cc(Cl)ccc2C#N)CCNC1. The number of nitrogens with one attached hydrogen (secondary N) is 2. The Morgan fingerprint density at radius 2 is 2.42 bits per heavy atom. The fraction of sp³-hybridized carbons (Fsp3) is 0.429. The number of carbonyl (C=O) groups excluding carboxylic acids is 1. The van der Waals surface area contributed by atoms with Gasteiger partial charge in [0.05, 0.1) is 16.7 Å². The number of anilines is 1. The van der Waals surface area contributed by atoms with Crippen LogP contribution in [0.4, 0.5) is 5.69 Å². The molecule has 5 heteroatoms. The van der Waals surface area contributed by atoms with Gasteiger partial charge in [-0.3, -0.25) is 4.79 Å². The molecule has 100 valence electrons. The minimum absolute atomic E-state index is 0.0428. The van der Waals surface area contributed by atoms with Crippen molar-refractivity contribution < 1.29 is 4.79 Å². The van der Waals surface area contributed by atoms with Gasteiger partial charge in [0.1, 0.15) is 6.07 Å². The molecule has 4 nitrogen and oxygen atoms in total. The Kier molecular flexibility index (Phi) is 4.08. The van der Waals surface area contributed by atoms with Crippen molar-refractivity contribution in [3.63, 3.8) is 0 Å². The first-order chi connectivity index (χ1) is 9.11. The molecule has 1 fully saturated rings. The van der Waals surface area contributed by atoms with E-state index in [0.29, 0.717) is 22.8 Å². The van der Waals surface area contributed by atoms with E-state index in [2.05, 4.69) is 16.7 Å². The molecule has 1 aromatic rings. The smallest absolute Gasteiger partial charge is 0.231 e. The number of nitrogens with zero attached hydrogens (tertiary/aromatic N) is 1. The summed E-state index contributed by atoms with van der Waals surface area (Å²) in [6.45, 7) is 3.54. The average molecular weight is 278 g/mol. The summed E-state index contributed by atoms with van der Waals surface area (Å²) < 4.78 is 0. The van der Waals surface area contributed by atoms with Crippen molar-refractivity contribution in [1.82, 2.24) is 5.32 Å². The molecule has 2 rings (SSSR count). The Morgan fingerprint density at radius 3 is 3.00 bits per heavy atom. The van der Waals surface area contributed by atoms with E-state index in [0.717, 1.165) is 19.4 Å². The Labute approximate surface area is 117 Å². The molecular formula is C14H16ClN3O. The van der Waals surface area contributed by atoms with Gasteiger partial charge in [-0.05, 0) is 37.6 Å². The van der Waals surface area contributed by atoms with Crippen molar-refractivity contribution in [2.75, 3.05) is 18.4 Å². The highest BCUT2D eigenvalue weighted by atomic mass is 35.5. The third-order valence-corrected chi connectivity index (χ3v) is 3.99. The first-order valence-electron chi connectivity index (χ1n) is 6.33. The minimum atomic E-state index is -0.380. The molecule has 1 aliphatic rings. The number of nitriles is 1. The third kappa shape index (κ3) is 2.73. The van der Waals surface area contributed by atoms with Crippen LogP contribution in [0, 0.1) is 16.7 Å². The van der Waals surface area contributed by atoms with Crippen LogP contribution in [0.2, 0.25) is 5.02 Å². The molecule has 0 saturated carbocycles. The van der Waals surface area contributed by atoms with Gasteiger partial charge >= 0.3 is 0 Å². The molecule has 0 aromatic heterocycles. The van der Waals surface area contributed by atoms with E-state index in [4.69, 9.17) is 16.9 Å². The summed E-state index contributed by atoms with van der Waals surface area (Å²) in [6, 6.07) is 6.93. The lowest BCUT2D eigenvalue weighted by molar-refractivity contribution is -0.124. The second-order valence-electron chi connectivity index (χ2n) is 4.82. The molecule has 1 aliphatic heterocycles. The van der Waals surface area contributed by atoms with Crippen molar-refractivity contribution in [3.8, 4) is 6.07 Å². The van der Waals surface area contributed by atoms with Gasteiger partial charge in [0.2, 0.25) is 5.91 Å². The largest absolute Gasteiger partial charge is 0.324 e. The molecule has 1 atom stereocenters. The minimum Gasteiger partial charge on any atom is -0.324 e. The molecule has 2 N–H and O–H groups in total. The summed E-state index contributed by atoms with van der Waals surface area (Å²) in [6.07, 6.45) is 1.59. The van der Waals surface area contributed by atoms with Crippen LogP contribution in [-0.2, 0) is 4.79 Å². The summed E-state index contributed by atoms with van der Waals surface area (Å²) in [4.78, 5) is 12.4. The van der Waals surface area contributed by atoms with Gasteiger partial charge in [0, 0.05) is 11.6 Å². The Morgan fingerprint density at radius 1 is 1.63 bits per heavy atom. The summed E-state index contributed by atoms with van der Waals surface area (Å²) in [7, 11) is 0. The topological polar surface area (TPSA) is 64.9 Å². The van der Waals surface area contributed by atoms with Crippen LogP contribution in [0.1, 0.15) is 25.3 Å². The fourth-order valence-electron chi connectivity index (χ4n) is 2.37. The molecule has 1 unspecified atom stereocenters. The van der Waals surface area contributed by atoms with Gasteiger partial charge < -0.3 is 10.6 Å². The molecule has 1 aromatic carbocycles. The molecule has 0 bridgehead atoms. The molecule has 19 heavy (non-hydrogen) atoms. The van der Waals surface area contributed by atoms with Crippen molar-refractivity contribution in [3.05, 3.63) is 28.8 Å². The highest BCUT2D eigenvalue weighted by molar-refractivity contribution is 6.31. The van der Waals surface area contributed by atoms with Crippen LogP contribution in [-0.4, -0.2) is 19.0 Å². The maximum Gasteiger partial charge on any atom is 0.231 e. The Balaban J connectivity index is 2.24. The van der Waals surface area contributed by atoms with Gasteiger partial charge in [0.15, 0.2) is 0 Å². The molecule has 0 aliphatic carbocycles. The average Bonchev–Trinajstić information content (AvgIpc) is 2.89. The molecular weight excluding hydrogens is 262 g/mol. The van der Waals surface area contributed by atoms with E-state index in [1.807, 2.05) is 6.92 Å². The van der Waals surface area contributed by atoms with Crippen LogP contribution in [0.3, 0.4) is 0 Å². The second-order valence-corrected chi connectivity index (χ2v) is 5.25. The Bertz CT molecular complexity index is 530. The highest BCUT2D eigenvalue weighted by Gasteiger charge is 2.39. The van der Waals surface area contributed by atoms with Gasteiger partial charge in [-0.15, -0.1) is 0 Å². The van der Waals surface area contributed by atoms with E-state index in [9.17, 15) is 4.79 Å². The normalized spacial score (nSPS) is 21.9. The predicted octanol–water partition coefficient (Wildman–Crippen LogP) is 2.54. The molecule has 1 amide bonds. The van der Waals surface area contributed by atoms with Crippen molar-refractivity contribution in [2.24, 2.45) is 5.41 Å². The number of rotatable bonds is 3. The summed E-state index contributed by atoms with van der Waals surface area (Å²) in [5.74, 6) is -0.0428. The highest BCUT2D eigenvalue weighted by Crippen LogP contribution is 2.32.